The number of hydrogen-bond acceptors (Lipinski definition) is 2. The van der Waals surface area contributed by atoms with E-state index in [1.54, 1.807) is 6.07 Å². The molecule has 0 aromatic heterocycles. The van der Waals surface area contributed by atoms with E-state index < -0.39 is 0 Å². The van der Waals surface area contributed by atoms with Gasteiger partial charge in [-0.15, -0.1) is 0 Å². The van der Waals surface area contributed by atoms with Gasteiger partial charge in [-0.05, 0) is 18.6 Å². The first-order valence-electron chi connectivity index (χ1n) is 3.56. The second-order valence-corrected chi connectivity index (χ2v) is 2.44. The summed E-state index contributed by atoms with van der Waals surface area (Å²) in [5.74, 6) is -0.282. The highest BCUT2D eigenvalue weighted by Gasteiger charge is 1.97. The number of benzene rings is 1. The zero-order valence-electron chi connectivity index (χ0n) is 7.04. The van der Waals surface area contributed by atoms with Gasteiger partial charge in [0.15, 0.2) is 0 Å². The molecule has 0 heterocycles. The van der Waals surface area contributed by atoms with Crippen molar-refractivity contribution in [3.8, 4) is 0 Å². The Labute approximate surface area is 70.7 Å². The van der Waals surface area contributed by atoms with Gasteiger partial charge >= 0.3 is 0 Å². The molecule has 64 valence electrons. The first kappa shape index (κ1) is 8.71. The van der Waals surface area contributed by atoms with Gasteiger partial charge in [0.2, 0.25) is 0 Å². The molecule has 0 fully saturated rings. The molecule has 0 amide bonds. The molecule has 0 aliphatic heterocycles. The van der Waals surface area contributed by atoms with Crippen LogP contribution in [0.2, 0.25) is 0 Å². The van der Waals surface area contributed by atoms with Crippen molar-refractivity contribution >= 4 is 6.21 Å². The summed E-state index contributed by atoms with van der Waals surface area (Å²) in [7, 11) is 1.42. The summed E-state index contributed by atoms with van der Waals surface area (Å²) in [6.07, 6.45) is 1.34. The molecule has 12 heavy (non-hydrogen) atoms. The number of oxime groups is 1. The summed E-state index contributed by atoms with van der Waals surface area (Å²) in [5.41, 5.74) is 1.32. The fourth-order valence-electron chi connectivity index (χ4n) is 0.846. The highest BCUT2D eigenvalue weighted by Crippen LogP contribution is 2.07. The molecule has 0 spiro atoms. The summed E-state index contributed by atoms with van der Waals surface area (Å²) < 4.78 is 13.0. The maximum Gasteiger partial charge on any atom is 0.132 e. The van der Waals surface area contributed by atoms with Gasteiger partial charge in [-0.2, -0.15) is 0 Å². The van der Waals surface area contributed by atoms with Crippen LogP contribution in [0.3, 0.4) is 0 Å². The highest BCUT2D eigenvalue weighted by atomic mass is 19.1. The van der Waals surface area contributed by atoms with Crippen LogP contribution in [0, 0.1) is 12.7 Å². The van der Waals surface area contributed by atoms with Crippen molar-refractivity contribution in [2.24, 2.45) is 5.16 Å². The third-order valence-corrected chi connectivity index (χ3v) is 1.45. The largest absolute Gasteiger partial charge is 0.399 e. The van der Waals surface area contributed by atoms with Gasteiger partial charge in [0.1, 0.15) is 12.9 Å². The van der Waals surface area contributed by atoms with Crippen LogP contribution in [0.4, 0.5) is 4.39 Å². The van der Waals surface area contributed by atoms with Gasteiger partial charge in [0, 0.05) is 5.56 Å². The van der Waals surface area contributed by atoms with E-state index in [2.05, 4.69) is 9.99 Å². The van der Waals surface area contributed by atoms with Gasteiger partial charge in [-0.1, -0.05) is 17.3 Å². The second kappa shape index (κ2) is 3.85. The Balaban J connectivity index is 2.94. The highest BCUT2D eigenvalue weighted by molar-refractivity contribution is 5.79. The minimum Gasteiger partial charge on any atom is -0.399 e. The topological polar surface area (TPSA) is 21.6 Å². The van der Waals surface area contributed by atoms with Gasteiger partial charge in [0.25, 0.3) is 0 Å². The minimum atomic E-state index is -0.282. The first-order chi connectivity index (χ1) is 5.74. The molecule has 0 atom stereocenters. The van der Waals surface area contributed by atoms with Crippen LogP contribution < -0.4 is 0 Å². The Kier molecular flexibility index (Phi) is 2.80. The van der Waals surface area contributed by atoms with E-state index in [1.807, 2.05) is 13.0 Å². The van der Waals surface area contributed by atoms with E-state index in [1.165, 1.54) is 19.4 Å². The van der Waals surface area contributed by atoms with Crippen molar-refractivity contribution in [3.63, 3.8) is 0 Å². The minimum absolute atomic E-state index is 0.282. The predicted molar refractivity (Wildman–Crippen MR) is 45.7 cm³/mol. The van der Waals surface area contributed by atoms with E-state index >= 15 is 0 Å². The second-order valence-electron chi connectivity index (χ2n) is 2.44. The molecule has 0 N–H and O–H groups in total. The molecule has 0 saturated heterocycles. The standard InChI is InChI=1S/C9H10FNO/c1-7-3-4-8(6-11-12-2)9(10)5-7/h3-6H,1-2H3/b11-6+. The van der Waals surface area contributed by atoms with E-state index in [4.69, 9.17) is 0 Å². The fraction of sp³-hybridized carbons (Fsp3) is 0.222. The maximum absolute atomic E-state index is 13.0. The Morgan fingerprint density at radius 1 is 1.50 bits per heavy atom. The molecule has 0 radical (unpaired) electrons. The third kappa shape index (κ3) is 2.05. The van der Waals surface area contributed by atoms with E-state index in [-0.39, 0.29) is 5.82 Å². The van der Waals surface area contributed by atoms with E-state index in [9.17, 15) is 4.39 Å². The van der Waals surface area contributed by atoms with Crippen LogP contribution >= 0.6 is 0 Å². The number of nitrogens with zero attached hydrogens (tertiary/aromatic N) is 1. The molecule has 0 aliphatic rings. The van der Waals surface area contributed by atoms with Crippen LogP contribution in [-0.4, -0.2) is 13.3 Å². The molecule has 1 aromatic carbocycles. The molecule has 0 unspecified atom stereocenters. The summed E-state index contributed by atoms with van der Waals surface area (Å²) >= 11 is 0. The van der Waals surface area contributed by atoms with Crippen molar-refractivity contribution in [1.29, 1.82) is 0 Å². The smallest absolute Gasteiger partial charge is 0.132 e. The average Bonchev–Trinajstić information content (AvgIpc) is 2.03. The molecular weight excluding hydrogens is 157 g/mol. The van der Waals surface area contributed by atoms with Crippen LogP contribution in [0.5, 0.6) is 0 Å². The van der Waals surface area contributed by atoms with Crippen molar-refractivity contribution < 1.29 is 9.23 Å². The molecule has 3 heteroatoms. The number of aryl methyl sites for hydroxylation is 1. The van der Waals surface area contributed by atoms with Crippen molar-refractivity contribution in [2.75, 3.05) is 7.11 Å². The van der Waals surface area contributed by atoms with Crippen molar-refractivity contribution in [3.05, 3.63) is 35.1 Å². The average molecular weight is 167 g/mol. The van der Waals surface area contributed by atoms with E-state index in [0.717, 1.165) is 5.56 Å². The SMILES string of the molecule is CO/N=C/c1ccc(C)cc1F. The summed E-state index contributed by atoms with van der Waals surface area (Å²) in [5, 5.41) is 3.47. The van der Waals surface area contributed by atoms with Crippen LogP contribution in [0.1, 0.15) is 11.1 Å². The van der Waals surface area contributed by atoms with Gasteiger partial charge in [-0.3, -0.25) is 0 Å². The van der Waals surface area contributed by atoms with Gasteiger partial charge < -0.3 is 4.84 Å². The maximum atomic E-state index is 13.0. The quantitative estimate of drug-likeness (QED) is 0.488. The fourth-order valence-corrected chi connectivity index (χ4v) is 0.846. The monoisotopic (exact) mass is 167 g/mol. The lowest BCUT2D eigenvalue weighted by Gasteiger charge is -1.96. The molecule has 1 aromatic rings. The summed E-state index contributed by atoms with van der Waals surface area (Å²) in [6, 6.07) is 4.93. The summed E-state index contributed by atoms with van der Waals surface area (Å²) in [6.45, 7) is 1.83. The zero-order chi connectivity index (χ0) is 8.97. The Hall–Kier alpha value is -1.38. The summed E-state index contributed by atoms with van der Waals surface area (Å²) in [4.78, 5) is 4.43. The number of halogens is 1. The Bertz CT molecular complexity index is 297. The molecular formula is C9H10FNO. The van der Waals surface area contributed by atoms with Gasteiger partial charge in [0.05, 0.1) is 6.21 Å². The lowest BCUT2D eigenvalue weighted by atomic mass is 10.1. The Morgan fingerprint density at radius 2 is 2.25 bits per heavy atom. The van der Waals surface area contributed by atoms with Gasteiger partial charge in [-0.25, -0.2) is 4.39 Å². The third-order valence-electron chi connectivity index (χ3n) is 1.45. The normalized spacial score (nSPS) is 10.6. The van der Waals surface area contributed by atoms with Crippen molar-refractivity contribution in [1.82, 2.24) is 0 Å². The molecule has 2 nitrogen and oxygen atoms in total. The van der Waals surface area contributed by atoms with Crippen LogP contribution in [0.15, 0.2) is 23.4 Å². The zero-order valence-corrected chi connectivity index (χ0v) is 7.04. The van der Waals surface area contributed by atoms with Crippen LogP contribution in [0.25, 0.3) is 0 Å². The van der Waals surface area contributed by atoms with Crippen molar-refractivity contribution in [2.45, 2.75) is 6.92 Å². The number of rotatable bonds is 2. The first-order valence-corrected chi connectivity index (χ1v) is 3.56. The lowest BCUT2D eigenvalue weighted by molar-refractivity contribution is 0.215. The lowest BCUT2D eigenvalue weighted by Crippen LogP contribution is -1.89. The number of hydrogen-bond donors (Lipinski definition) is 0. The molecule has 1 rings (SSSR count). The predicted octanol–water partition coefficient (Wildman–Crippen LogP) is 2.11. The molecule has 0 bridgehead atoms. The van der Waals surface area contributed by atoms with E-state index in [0.29, 0.717) is 5.56 Å². The molecule has 0 saturated carbocycles. The Morgan fingerprint density at radius 3 is 2.83 bits per heavy atom. The molecule has 0 aliphatic carbocycles. The van der Waals surface area contributed by atoms with Crippen LogP contribution in [-0.2, 0) is 4.84 Å².